The van der Waals surface area contributed by atoms with Gasteiger partial charge in [0.2, 0.25) is 5.91 Å². The van der Waals surface area contributed by atoms with Crippen LogP contribution in [0.1, 0.15) is 53.6 Å². The van der Waals surface area contributed by atoms with Crippen molar-refractivity contribution in [2.75, 3.05) is 6.54 Å². The number of allylic oxidation sites excluding steroid dienone is 1. The van der Waals surface area contributed by atoms with Gasteiger partial charge in [-0.25, -0.2) is 4.79 Å². The SMILES string of the molecule is O=C(O)c1ccc2c(c1)CN(C(=O)CC1=CCCCC1)CC2. The summed E-state index contributed by atoms with van der Waals surface area (Å²) in [6, 6.07) is 5.23. The first-order chi connectivity index (χ1) is 10.6. The van der Waals surface area contributed by atoms with Crippen molar-refractivity contribution in [3.05, 3.63) is 46.5 Å². The number of carbonyl (C=O) groups is 2. The third kappa shape index (κ3) is 3.21. The van der Waals surface area contributed by atoms with Gasteiger partial charge in [-0.1, -0.05) is 17.7 Å². The summed E-state index contributed by atoms with van der Waals surface area (Å²) < 4.78 is 0. The monoisotopic (exact) mass is 299 g/mol. The average Bonchev–Trinajstić information content (AvgIpc) is 2.54. The van der Waals surface area contributed by atoms with E-state index in [2.05, 4.69) is 6.08 Å². The number of carboxylic acid groups (broad SMARTS) is 1. The van der Waals surface area contributed by atoms with Crippen LogP contribution < -0.4 is 0 Å². The maximum absolute atomic E-state index is 12.5. The predicted molar refractivity (Wildman–Crippen MR) is 83.7 cm³/mol. The molecule has 0 radical (unpaired) electrons. The zero-order valence-electron chi connectivity index (χ0n) is 12.7. The molecule has 0 unspecified atom stereocenters. The minimum atomic E-state index is -0.918. The lowest BCUT2D eigenvalue weighted by molar-refractivity contribution is -0.131. The molecule has 1 N–H and O–H groups in total. The molecule has 4 heteroatoms. The van der Waals surface area contributed by atoms with Gasteiger partial charge in [-0.05, 0) is 55.4 Å². The van der Waals surface area contributed by atoms with E-state index in [4.69, 9.17) is 5.11 Å². The van der Waals surface area contributed by atoms with Gasteiger partial charge in [0.1, 0.15) is 0 Å². The van der Waals surface area contributed by atoms with Crippen LogP contribution in [0.15, 0.2) is 29.8 Å². The van der Waals surface area contributed by atoms with E-state index in [0.717, 1.165) is 36.9 Å². The Bertz CT molecular complexity index is 633. The van der Waals surface area contributed by atoms with Gasteiger partial charge in [-0.2, -0.15) is 0 Å². The minimum Gasteiger partial charge on any atom is -0.478 e. The molecule has 22 heavy (non-hydrogen) atoms. The van der Waals surface area contributed by atoms with Gasteiger partial charge >= 0.3 is 5.97 Å². The summed E-state index contributed by atoms with van der Waals surface area (Å²) >= 11 is 0. The third-order valence-electron chi connectivity index (χ3n) is 4.58. The van der Waals surface area contributed by atoms with Crippen LogP contribution >= 0.6 is 0 Å². The van der Waals surface area contributed by atoms with Gasteiger partial charge in [-0.3, -0.25) is 4.79 Å². The van der Waals surface area contributed by atoms with E-state index >= 15 is 0 Å². The van der Waals surface area contributed by atoms with Crippen LogP contribution in [-0.2, 0) is 17.8 Å². The van der Waals surface area contributed by atoms with Crippen LogP contribution in [0.2, 0.25) is 0 Å². The van der Waals surface area contributed by atoms with Crippen molar-refractivity contribution in [1.29, 1.82) is 0 Å². The Morgan fingerprint density at radius 1 is 1.14 bits per heavy atom. The molecule has 0 atom stereocenters. The minimum absolute atomic E-state index is 0.166. The molecule has 2 aliphatic rings. The highest BCUT2D eigenvalue weighted by atomic mass is 16.4. The van der Waals surface area contributed by atoms with Crippen LogP contribution in [0.3, 0.4) is 0 Å². The molecule has 4 nitrogen and oxygen atoms in total. The van der Waals surface area contributed by atoms with Crippen molar-refractivity contribution in [3.63, 3.8) is 0 Å². The Hall–Kier alpha value is -2.10. The molecule has 1 aromatic rings. The zero-order chi connectivity index (χ0) is 15.5. The number of nitrogens with zero attached hydrogens (tertiary/aromatic N) is 1. The molecule has 1 aliphatic carbocycles. The summed E-state index contributed by atoms with van der Waals surface area (Å²) in [5.74, 6) is -0.752. The first-order valence-corrected chi connectivity index (χ1v) is 7.94. The first kappa shape index (κ1) is 14.8. The van der Waals surface area contributed by atoms with Crippen molar-refractivity contribution < 1.29 is 14.7 Å². The lowest BCUT2D eigenvalue weighted by Gasteiger charge is -2.29. The average molecular weight is 299 g/mol. The van der Waals surface area contributed by atoms with E-state index in [1.165, 1.54) is 18.4 Å². The van der Waals surface area contributed by atoms with Gasteiger partial charge in [0, 0.05) is 19.5 Å². The van der Waals surface area contributed by atoms with Gasteiger partial charge in [0.05, 0.1) is 5.56 Å². The fourth-order valence-corrected chi connectivity index (χ4v) is 3.27. The standard InChI is InChI=1S/C18H21NO3/c20-17(10-13-4-2-1-3-5-13)19-9-8-14-6-7-15(18(21)22)11-16(14)12-19/h4,6-7,11H,1-3,5,8-10,12H2,(H,21,22). The summed E-state index contributed by atoms with van der Waals surface area (Å²) in [5.41, 5.74) is 3.69. The predicted octanol–water partition coefficient (Wildman–Crippen LogP) is 3.16. The van der Waals surface area contributed by atoms with E-state index in [1.54, 1.807) is 12.1 Å². The van der Waals surface area contributed by atoms with E-state index in [9.17, 15) is 9.59 Å². The zero-order valence-corrected chi connectivity index (χ0v) is 12.7. The molecule has 0 bridgehead atoms. The lowest BCUT2D eigenvalue weighted by Crippen LogP contribution is -2.36. The normalized spacial score (nSPS) is 17.6. The van der Waals surface area contributed by atoms with Crippen LogP contribution in [0.5, 0.6) is 0 Å². The maximum Gasteiger partial charge on any atom is 0.335 e. The molecule has 0 spiro atoms. The van der Waals surface area contributed by atoms with Gasteiger partial charge in [0.25, 0.3) is 0 Å². The summed E-state index contributed by atoms with van der Waals surface area (Å²) in [5, 5.41) is 9.09. The Morgan fingerprint density at radius 3 is 2.73 bits per heavy atom. The van der Waals surface area contributed by atoms with Crippen LogP contribution in [0, 0.1) is 0 Å². The summed E-state index contributed by atoms with van der Waals surface area (Å²) in [4.78, 5) is 25.4. The lowest BCUT2D eigenvalue weighted by atomic mass is 9.95. The molecule has 1 amide bonds. The number of fused-ring (bicyclic) bond motifs is 1. The third-order valence-corrected chi connectivity index (χ3v) is 4.58. The second kappa shape index (κ2) is 6.34. The van der Waals surface area contributed by atoms with Crippen molar-refractivity contribution in [3.8, 4) is 0 Å². The Morgan fingerprint density at radius 2 is 2.00 bits per heavy atom. The molecular weight excluding hydrogens is 278 g/mol. The van der Waals surface area contributed by atoms with Gasteiger partial charge in [-0.15, -0.1) is 0 Å². The fraction of sp³-hybridized carbons (Fsp3) is 0.444. The number of aromatic carboxylic acids is 1. The van der Waals surface area contributed by atoms with Crippen molar-refractivity contribution in [1.82, 2.24) is 4.90 Å². The van der Waals surface area contributed by atoms with E-state index in [1.807, 2.05) is 11.0 Å². The summed E-state index contributed by atoms with van der Waals surface area (Å²) in [7, 11) is 0. The van der Waals surface area contributed by atoms with Gasteiger partial charge in [0.15, 0.2) is 0 Å². The fourth-order valence-electron chi connectivity index (χ4n) is 3.27. The van der Waals surface area contributed by atoms with Crippen LogP contribution in [-0.4, -0.2) is 28.4 Å². The Balaban J connectivity index is 1.70. The number of carbonyl (C=O) groups excluding carboxylic acids is 1. The first-order valence-electron chi connectivity index (χ1n) is 7.94. The van der Waals surface area contributed by atoms with E-state index in [0.29, 0.717) is 18.5 Å². The highest BCUT2D eigenvalue weighted by Crippen LogP contribution is 2.24. The summed E-state index contributed by atoms with van der Waals surface area (Å²) in [6.45, 7) is 1.26. The van der Waals surface area contributed by atoms with E-state index < -0.39 is 5.97 Å². The Kier molecular flexibility index (Phi) is 4.27. The molecule has 1 aromatic carbocycles. The van der Waals surface area contributed by atoms with Crippen molar-refractivity contribution in [2.24, 2.45) is 0 Å². The Labute approximate surface area is 130 Å². The highest BCUT2D eigenvalue weighted by molar-refractivity contribution is 5.88. The molecule has 1 aliphatic heterocycles. The molecule has 1 heterocycles. The quantitative estimate of drug-likeness (QED) is 0.872. The summed E-state index contributed by atoms with van der Waals surface area (Å²) in [6.07, 6.45) is 8.08. The number of carboxylic acids is 1. The second-order valence-electron chi connectivity index (χ2n) is 6.14. The number of rotatable bonds is 3. The largest absolute Gasteiger partial charge is 0.478 e. The van der Waals surface area contributed by atoms with E-state index in [-0.39, 0.29) is 5.91 Å². The van der Waals surface area contributed by atoms with Gasteiger partial charge < -0.3 is 10.0 Å². The second-order valence-corrected chi connectivity index (χ2v) is 6.14. The highest BCUT2D eigenvalue weighted by Gasteiger charge is 2.22. The molecule has 116 valence electrons. The van der Waals surface area contributed by atoms with Crippen LogP contribution in [0.25, 0.3) is 0 Å². The van der Waals surface area contributed by atoms with Crippen molar-refractivity contribution in [2.45, 2.75) is 45.1 Å². The molecular formula is C18H21NO3. The number of benzene rings is 1. The number of amides is 1. The van der Waals surface area contributed by atoms with Crippen LogP contribution in [0.4, 0.5) is 0 Å². The molecule has 0 saturated carbocycles. The topological polar surface area (TPSA) is 57.6 Å². The number of hydrogen-bond acceptors (Lipinski definition) is 2. The molecule has 0 aromatic heterocycles. The number of hydrogen-bond donors (Lipinski definition) is 1. The molecule has 0 fully saturated rings. The molecule has 0 saturated heterocycles. The smallest absolute Gasteiger partial charge is 0.335 e. The van der Waals surface area contributed by atoms with Crippen molar-refractivity contribution >= 4 is 11.9 Å². The maximum atomic E-state index is 12.5. The molecule has 3 rings (SSSR count).